The summed E-state index contributed by atoms with van der Waals surface area (Å²) in [6.07, 6.45) is 0.817. The lowest BCUT2D eigenvalue weighted by molar-refractivity contribution is -0.776. The molecule has 82 valence electrons. The van der Waals surface area contributed by atoms with Crippen LogP contribution >= 0.6 is 0 Å². The molecule has 0 aliphatic rings. The number of nitrogens with zero attached hydrogens (tertiary/aromatic N) is 1. The number of nitrogens with one attached hydrogen (secondary N) is 1. The van der Waals surface area contributed by atoms with E-state index in [1.807, 2.05) is 0 Å². The van der Waals surface area contributed by atoms with Crippen molar-refractivity contribution in [1.29, 1.82) is 0 Å². The summed E-state index contributed by atoms with van der Waals surface area (Å²) in [5, 5.41) is 22.0. The van der Waals surface area contributed by atoms with E-state index in [1.165, 1.54) is 0 Å². The molecule has 0 aliphatic heterocycles. The minimum absolute atomic E-state index is 0.124. The Bertz CT molecular complexity index is 229. The second kappa shape index (κ2) is 6.03. The van der Waals surface area contributed by atoms with E-state index in [0.717, 1.165) is 4.74 Å². The molecule has 0 radical (unpaired) electrons. The van der Waals surface area contributed by atoms with Gasteiger partial charge in [0.25, 0.3) is 0 Å². The number of hydroxylamine groups is 1. The second-order valence-corrected chi connectivity index (χ2v) is 2.92. The van der Waals surface area contributed by atoms with Gasteiger partial charge in [0.1, 0.15) is 12.6 Å². The maximum atomic E-state index is 10.3. The maximum absolute atomic E-state index is 10.3. The predicted molar refractivity (Wildman–Crippen MR) is 46.1 cm³/mol. The molecule has 0 aromatic carbocycles. The van der Waals surface area contributed by atoms with Crippen molar-refractivity contribution in [3.8, 4) is 0 Å². The molecule has 7 nitrogen and oxygen atoms in total. The SMILES string of the molecule is CN/C(N)=[N+](\O)CCC[C@H]([NH3+])C(=O)[O-]. The number of guanidine groups is 1. The molecule has 0 aromatic rings. The summed E-state index contributed by atoms with van der Waals surface area (Å²) in [6.45, 7) is 0.256. The lowest BCUT2D eigenvalue weighted by Gasteiger charge is -2.08. The molecule has 7 N–H and O–H groups in total. The summed E-state index contributed by atoms with van der Waals surface area (Å²) >= 11 is 0. The van der Waals surface area contributed by atoms with Crippen LogP contribution in [0.2, 0.25) is 0 Å². The zero-order valence-corrected chi connectivity index (χ0v) is 8.19. The molecule has 0 rings (SSSR count). The lowest BCUT2D eigenvalue weighted by atomic mass is 10.2. The van der Waals surface area contributed by atoms with Crippen LogP contribution < -0.4 is 21.9 Å². The number of quaternary nitrogens is 1. The molecule has 0 spiro atoms. The quantitative estimate of drug-likeness (QED) is 0.120. The van der Waals surface area contributed by atoms with Gasteiger partial charge < -0.3 is 20.8 Å². The smallest absolute Gasteiger partial charge is 0.379 e. The average molecular weight is 205 g/mol. The highest BCUT2D eigenvalue weighted by Gasteiger charge is 2.09. The Labute approximate surface area is 82.0 Å². The zero-order chi connectivity index (χ0) is 11.1. The van der Waals surface area contributed by atoms with Gasteiger partial charge >= 0.3 is 5.96 Å². The Hall–Kier alpha value is -1.50. The van der Waals surface area contributed by atoms with E-state index in [-0.39, 0.29) is 12.5 Å². The fraction of sp³-hybridized carbons (Fsp3) is 0.714. The van der Waals surface area contributed by atoms with Crippen molar-refractivity contribution < 1.29 is 25.6 Å². The van der Waals surface area contributed by atoms with E-state index in [9.17, 15) is 15.1 Å². The van der Waals surface area contributed by atoms with Crippen molar-refractivity contribution in [3.63, 3.8) is 0 Å². The normalized spacial score (nSPS) is 14.4. The molecule has 0 saturated heterocycles. The van der Waals surface area contributed by atoms with Gasteiger partial charge in [-0.1, -0.05) is 4.74 Å². The molecule has 7 heteroatoms. The van der Waals surface area contributed by atoms with Crippen LogP contribution in [0.25, 0.3) is 0 Å². The Morgan fingerprint density at radius 3 is 2.79 bits per heavy atom. The van der Waals surface area contributed by atoms with Crippen molar-refractivity contribution in [2.45, 2.75) is 18.9 Å². The fourth-order valence-electron chi connectivity index (χ4n) is 0.855. The van der Waals surface area contributed by atoms with Gasteiger partial charge in [-0.15, -0.1) is 0 Å². The van der Waals surface area contributed by atoms with Gasteiger partial charge in [-0.2, -0.15) is 0 Å². The van der Waals surface area contributed by atoms with Crippen molar-refractivity contribution >= 4 is 11.9 Å². The monoisotopic (exact) mass is 205 g/mol. The topological polar surface area (TPSA) is 129 Å². The Kier molecular flexibility index (Phi) is 5.38. The number of carbonyl (C=O) groups excluding carboxylic acids is 1. The zero-order valence-electron chi connectivity index (χ0n) is 8.19. The highest BCUT2D eigenvalue weighted by molar-refractivity contribution is 5.71. The van der Waals surface area contributed by atoms with Crippen LogP contribution in [-0.4, -0.2) is 41.5 Å². The molecule has 0 heterocycles. The minimum Gasteiger partial charge on any atom is -0.544 e. The Morgan fingerprint density at radius 1 is 1.79 bits per heavy atom. The fourth-order valence-corrected chi connectivity index (χ4v) is 0.855. The number of carboxylic acid groups (broad SMARTS) is 1. The highest BCUT2D eigenvalue weighted by atomic mass is 16.5. The number of carboxylic acids is 1. The van der Waals surface area contributed by atoms with E-state index in [2.05, 4.69) is 11.1 Å². The van der Waals surface area contributed by atoms with Crippen LogP contribution in [0, 0.1) is 0 Å². The van der Waals surface area contributed by atoms with Crippen LogP contribution in [0.15, 0.2) is 0 Å². The summed E-state index contributed by atoms with van der Waals surface area (Å²) in [6, 6.07) is -0.751. The largest absolute Gasteiger partial charge is 0.544 e. The molecule has 0 saturated carbocycles. The first-order chi connectivity index (χ1) is 6.49. The summed E-state index contributed by atoms with van der Waals surface area (Å²) in [5.41, 5.74) is 8.71. The molecule has 0 bridgehead atoms. The number of aliphatic carboxylic acids is 1. The van der Waals surface area contributed by atoms with Crippen LogP contribution in [0.5, 0.6) is 0 Å². The van der Waals surface area contributed by atoms with Crippen molar-refractivity contribution in [1.82, 2.24) is 5.32 Å². The number of carbonyl (C=O) groups is 1. The van der Waals surface area contributed by atoms with Gasteiger partial charge in [-0.3, -0.25) is 11.1 Å². The lowest BCUT2D eigenvalue weighted by Crippen LogP contribution is -2.68. The van der Waals surface area contributed by atoms with Gasteiger partial charge in [0.2, 0.25) is 0 Å². The van der Waals surface area contributed by atoms with Crippen LogP contribution in [0.1, 0.15) is 12.8 Å². The Morgan fingerprint density at radius 2 is 2.36 bits per heavy atom. The summed E-state index contributed by atoms with van der Waals surface area (Å²) in [4.78, 5) is 10.3. The first kappa shape index (κ1) is 12.5. The standard InChI is InChI=1S/C7H16N4O3/c1-10-7(9)11(14)4-2-3-5(8)6(12)13/h5,14H,2-4,8H2,1H3,(H3,9,10,12,13)/p+1/t5-/m0/s1. The average Bonchev–Trinajstić information content (AvgIpc) is 2.15. The van der Waals surface area contributed by atoms with Crippen LogP contribution in [0.3, 0.4) is 0 Å². The molecule has 1 atom stereocenters. The molecule has 0 aromatic heterocycles. The molecule has 14 heavy (non-hydrogen) atoms. The molecular weight excluding hydrogens is 188 g/mol. The van der Waals surface area contributed by atoms with Gasteiger partial charge in [-0.25, -0.2) is 0 Å². The number of hydrogen-bond acceptors (Lipinski definition) is 3. The summed E-state index contributed by atoms with van der Waals surface area (Å²) in [5.74, 6) is -1.06. The third kappa shape index (κ3) is 4.51. The van der Waals surface area contributed by atoms with Gasteiger partial charge in [0.05, 0.1) is 13.0 Å². The third-order valence-electron chi connectivity index (χ3n) is 1.79. The predicted octanol–water partition coefficient (Wildman–Crippen LogP) is -3.94. The van der Waals surface area contributed by atoms with Crippen molar-refractivity contribution in [2.24, 2.45) is 5.73 Å². The van der Waals surface area contributed by atoms with E-state index < -0.39 is 12.0 Å². The molecular formula is C7H17N4O3+. The van der Waals surface area contributed by atoms with Gasteiger partial charge in [-0.05, 0) is 6.42 Å². The molecule has 0 fully saturated rings. The van der Waals surface area contributed by atoms with E-state index >= 15 is 0 Å². The van der Waals surface area contributed by atoms with Gasteiger partial charge in [0, 0.05) is 6.42 Å². The summed E-state index contributed by atoms with van der Waals surface area (Å²) in [7, 11) is 1.57. The van der Waals surface area contributed by atoms with Crippen molar-refractivity contribution in [2.75, 3.05) is 13.6 Å². The molecule has 0 aliphatic carbocycles. The third-order valence-corrected chi connectivity index (χ3v) is 1.79. The molecule has 0 amide bonds. The number of hydrogen-bond donors (Lipinski definition) is 4. The number of nitrogens with two attached hydrogens (primary N) is 1. The maximum Gasteiger partial charge on any atom is 0.379 e. The highest BCUT2D eigenvalue weighted by Crippen LogP contribution is 1.91. The number of rotatable bonds is 5. The molecule has 0 unspecified atom stereocenters. The first-order valence-corrected chi connectivity index (χ1v) is 4.29. The minimum atomic E-state index is -1.18. The van der Waals surface area contributed by atoms with E-state index in [4.69, 9.17) is 5.73 Å². The van der Waals surface area contributed by atoms with Crippen LogP contribution in [-0.2, 0) is 4.79 Å². The van der Waals surface area contributed by atoms with E-state index in [1.54, 1.807) is 7.05 Å². The first-order valence-electron chi connectivity index (χ1n) is 4.29. The van der Waals surface area contributed by atoms with E-state index in [0.29, 0.717) is 12.8 Å². The Balaban J connectivity index is 3.80. The van der Waals surface area contributed by atoms with Crippen LogP contribution in [0.4, 0.5) is 0 Å². The van der Waals surface area contributed by atoms with Gasteiger partial charge in [0.15, 0.2) is 0 Å². The second-order valence-electron chi connectivity index (χ2n) is 2.92. The summed E-state index contributed by atoms with van der Waals surface area (Å²) < 4.78 is 0.821. The van der Waals surface area contributed by atoms with Crippen molar-refractivity contribution in [3.05, 3.63) is 0 Å².